The fraction of sp³-hybridized carbons (Fsp3) is 0. The number of hydrogen-bond acceptors (Lipinski definition) is 3. The van der Waals surface area contributed by atoms with E-state index in [2.05, 4.69) is 31.8 Å². The van der Waals surface area contributed by atoms with E-state index in [0.29, 0.717) is 10.6 Å². The normalized spacial score (nSPS) is 9.90. The first kappa shape index (κ1) is 14.5. The van der Waals surface area contributed by atoms with Crippen LogP contribution in [-0.4, -0.2) is 16.8 Å². The van der Waals surface area contributed by atoms with Crippen molar-refractivity contribution in [1.29, 1.82) is 0 Å². The minimum Gasteiger partial charge on any atom is -0.267 e. The predicted molar refractivity (Wildman–Crippen MR) is 78.3 cm³/mol. The molecule has 7 heteroatoms. The summed E-state index contributed by atoms with van der Waals surface area (Å²) in [5.74, 6) is -0.938. The number of pyridine rings is 1. The number of aromatic nitrogens is 1. The van der Waals surface area contributed by atoms with E-state index in [1.807, 2.05) is 0 Å². The van der Waals surface area contributed by atoms with Gasteiger partial charge in [-0.3, -0.25) is 20.4 Å². The molecule has 0 bridgehead atoms. The van der Waals surface area contributed by atoms with Crippen molar-refractivity contribution >= 4 is 39.3 Å². The number of amides is 2. The SMILES string of the molecule is O=C(NNC(=O)c1ccc(Cl)cn1)c1ccc(Br)cc1. The third-order valence-corrected chi connectivity index (χ3v) is 3.11. The van der Waals surface area contributed by atoms with Gasteiger partial charge in [0.2, 0.25) is 0 Å². The van der Waals surface area contributed by atoms with Crippen molar-refractivity contribution in [3.63, 3.8) is 0 Å². The molecular weight excluding hydrogens is 346 g/mol. The van der Waals surface area contributed by atoms with E-state index in [1.165, 1.54) is 12.3 Å². The zero-order chi connectivity index (χ0) is 14.5. The molecule has 0 spiro atoms. The van der Waals surface area contributed by atoms with Gasteiger partial charge in [0, 0.05) is 16.2 Å². The van der Waals surface area contributed by atoms with E-state index in [4.69, 9.17) is 11.6 Å². The summed E-state index contributed by atoms with van der Waals surface area (Å²) in [6.45, 7) is 0. The Morgan fingerprint density at radius 3 is 2.25 bits per heavy atom. The molecule has 5 nitrogen and oxygen atoms in total. The van der Waals surface area contributed by atoms with Crippen LogP contribution in [0.5, 0.6) is 0 Å². The lowest BCUT2D eigenvalue weighted by Crippen LogP contribution is -2.41. The second kappa shape index (κ2) is 6.49. The van der Waals surface area contributed by atoms with Crippen LogP contribution < -0.4 is 10.9 Å². The van der Waals surface area contributed by atoms with E-state index in [-0.39, 0.29) is 5.69 Å². The van der Waals surface area contributed by atoms with Gasteiger partial charge >= 0.3 is 0 Å². The highest BCUT2D eigenvalue weighted by Crippen LogP contribution is 2.10. The number of hydrazine groups is 1. The molecule has 0 aliphatic rings. The van der Waals surface area contributed by atoms with E-state index < -0.39 is 11.8 Å². The van der Waals surface area contributed by atoms with Gasteiger partial charge in [-0.05, 0) is 36.4 Å². The van der Waals surface area contributed by atoms with E-state index in [9.17, 15) is 9.59 Å². The molecule has 20 heavy (non-hydrogen) atoms. The van der Waals surface area contributed by atoms with Crippen molar-refractivity contribution in [3.8, 4) is 0 Å². The van der Waals surface area contributed by atoms with Crippen LogP contribution in [0.3, 0.4) is 0 Å². The van der Waals surface area contributed by atoms with Crippen molar-refractivity contribution in [2.75, 3.05) is 0 Å². The van der Waals surface area contributed by atoms with Crippen LogP contribution in [0.2, 0.25) is 5.02 Å². The van der Waals surface area contributed by atoms with Crippen molar-refractivity contribution in [3.05, 3.63) is 63.3 Å². The molecule has 0 aliphatic carbocycles. The summed E-state index contributed by atoms with van der Waals surface area (Å²) in [7, 11) is 0. The summed E-state index contributed by atoms with van der Waals surface area (Å²) in [4.78, 5) is 27.3. The molecule has 102 valence electrons. The number of halogens is 2. The third kappa shape index (κ3) is 3.79. The largest absolute Gasteiger partial charge is 0.288 e. The molecule has 1 heterocycles. The van der Waals surface area contributed by atoms with Crippen molar-refractivity contribution in [1.82, 2.24) is 15.8 Å². The summed E-state index contributed by atoms with van der Waals surface area (Å²) < 4.78 is 0.864. The van der Waals surface area contributed by atoms with Gasteiger partial charge in [0.05, 0.1) is 5.02 Å². The highest BCUT2D eigenvalue weighted by Gasteiger charge is 2.09. The average molecular weight is 355 g/mol. The molecular formula is C13H9BrClN3O2. The molecule has 1 aromatic heterocycles. The van der Waals surface area contributed by atoms with Crippen LogP contribution in [0.4, 0.5) is 0 Å². The van der Waals surface area contributed by atoms with Gasteiger partial charge in [0.25, 0.3) is 11.8 Å². The Morgan fingerprint density at radius 2 is 1.65 bits per heavy atom. The highest BCUT2D eigenvalue weighted by atomic mass is 79.9. The fourth-order valence-corrected chi connectivity index (χ4v) is 1.74. The Bertz CT molecular complexity index is 572. The quantitative estimate of drug-likeness (QED) is 0.814. The molecule has 0 saturated carbocycles. The second-order valence-electron chi connectivity index (χ2n) is 3.78. The van der Waals surface area contributed by atoms with Crippen molar-refractivity contribution in [2.45, 2.75) is 0 Å². The first-order valence-electron chi connectivity index (χ1n) is 5.54. The maximum absolute atomic E-state index is 11.8. The Morgan fingerprint density at radius 1 is 1.00 bits per heavy atom. The van der Waals surface area contributed by atoms with Gasteiger partial charge in [-0.15, -0.1) is 0 Å². The lowest BCUT2D eigenvalue weighted by atomic mass is 10.2. The summed E-state index contributed by atoms with van der Waals surface area (Å²) >= 11 is 8.94. The van der Waals surface area contributed by atoms with Crippen LogP contribution in [0.25, 0.3) is 0 Å². The number of benzene rings is 1. The molecule has 0 unspecified atom stereocenters. The number of carbonyl (C=O) groups is 2. The Kier molecular flexibility index (Phi) is 4.70. The number of nitrogens with one attached hydrogen (secondary N) is 2. The molecule has 0 radical (unpaired) electrons. The smallest absolute Gasteiger partial charge is 0.267 e. The first-order valence-corrected chi connectivity index (χ1v) is 6.71. The Hall–Kier alpha value is -1.92. The molecule has 2 rings (SSSR count). The maximum atomic E-state index is 11.8. The molecule has 0 atom stereocenters. The first-order chi connectivity index (χ1) is 9.56. The highest BCUT2D eigenvalue weighted by molar-refractivity contribution is 9.10. The van der Waals surface area contributed by atoms with E-state index >= 15 is 0 Å². The fourth-order valence-electron chi connectivity index (χ4n) is 1.36. The van der Waals surface area contributed by atoms with Crippen LogP contribution in [0, 0.1) is 0 Å². The van der Waals surface area contributed by atoms with Crippen molar-refractivity contribution < 1.29 is 9.59 Å². The molecule has 2 aromatic rings. The van der Waals surface area contributed by atoms with Crippen LogP contribution in [-0.2, 0) is 0 Å². The Labute approximate surface area is 128 Å². The van der Waals surface area contributed by atoms with Gasteiger partial charge in [-0.1, -0.05) is 27.5 Å². The number of hydrogen-bond donors (Lipinski definition) is 2. The monoisotopic (exact) mass is 353 g/mol. The van der Waals surface area contributed by atoms with Crippen molar-refractivity contribution in [2.24, 2.45) is 0 Å². The molecule has 2 N–H and O–H groups in total. The minimum absolute atomic E-state index is 0.158. The van der Waals surface area contributed by atoms with Crippen LogP contribution in [0.15, 0.2) is 47.1 Å². The molecule has 0 aliphatic heterocycles. The van der Waals surface area contributed by atoms with Crippen LogP contribution in [0.1, 0.15) is 20.8 Å². The molecule has 1 aromatic carbocycles. The lowest BCUT2D eigenvalue weighted by molar-refractivity contribution is 0.0844. The second-order valence-corrected chi connectivity index (χ2v) is 5.13. The minimum atomic E-state index is -0.521. The molecule has 0 saturated heterocycles. The van der Waals surface area contributed by atoms with Gasteiger partial charge in [-0.25, -0.2) is 4.98 Å². The summed E-state index contributed by atoms with van der Waals surface area (Å²) in [5, 5.41) is 0.431. The summed E-state index contributed by atoms with van der Waals surface area (Å²) in [6.07, 6.45) is 1.35. The predicted octanol–water partition coefficient (Wildman–Crippen LogP) is 2.57. The van der Waals surface area contributed by atoms with Gasteiger partial charge in [0.1, 0.15) is 5.69 Å². The number of rotatable bonds is 2. The summed E-state index contributed by atoms with van der Waals surface area (Å²) in [6, 6.07) is 9.73. The van der Waals surface area contributed by atoms with Gasteiger partial charge in [-0.2, -0.15) is 0 Å². The lowest BCUT2D eigenvalue weighted by Gasteiger charge is -2.07. The number of carbonyl (C=O) groups excluding carboxylic acids is 2. The average Bonchev–Trinajstić information content (AvgIpc) is 2.46. The number of nitrogens with zero attached hydrogens (tertiary/aromatic N) is 1. The van der Waals surface area contributed by atoms with Gasteiger partial charge < -0.3 is 0 Å². The zero-order valence-electron chi connectivity index (χ0n) is 10.1. The summed E-state index contributed by atoms with van der Waals surface area (Å²) in [5.41, 5.74) is 5.17. The molecule has 2 amide bonds. The van der Waals surface area contributed by atoms with Crippen LogP contribution >= 0.6 is 27.5 Å². The molecule has 0 fully saturated rings. The standard InChI is InChI=1S/C13H9BrClN3O2/c14-9-3-1-8(2-4-9)12(19)17-18-13(20)11-6-5-10(15)7-16-11/h1-7H,(H,17,19)(H,18,20). The third-order valence-electron chi connectivity index (χ3n) is 2.36. The zero-order valence-corrected chi connectivity index (χ0v) is 12.4. The van der Waals surface area contributed by atoms with E-state index in [0.717, 1.165) is 4.47 Å². The van der Waals surface area contributed by atoms with Gasteiger partial charge in [0.15, 0.2) is 0 Å². The maximum Gasteiger partial charge on any atom is 0.288 e. The topological polar surface area (TPSA) is 71.1 Å². The Balaban J connectivity index is 1.94. The van der Waals surface area contributed by atoms with E-state index in [1.54, 1.807) is 30.3 Å².